The third kappa shape index (κ3) is 6.16. The lowest BCUT2D eigenvalue weighted by atomic mass is 9.83. The number of nitro groups is 1. The summed E-state index contributed by atoms with van der Waals surface area (Å²) in [6.07, 6.45) is 0. The van der Waals surface area contributed by atoms with Gasteiger partial charge in [-0.15, -0.1) is 0 Å². The number of nitro benzene ring substituents is 1. The van der Waals surface area contributed by atoms with Crippen LogP contribution in [0.1, 0.15) is 28.2 Å². The molecule has 42 heavy (non-hydrogen) atoms. The van der Waals surface area contributed by atoms with Gasteiger partial charge in [0.15, 0.2) is 12.4 Å². The van der Waals surface area contributed by atoms with Crippen molar-refractivity contribution in [2.24, 2.45) is 5.73 Å². The van der Waals surface area contributed by atoms with Crippen molar-refractivity contribution >= 4 is 11.7 Å². The van der Waals surface area contributed by atoms with E-state index in [2.05, 4.69) is 6.07 Å². The number of esters is 1. The van der Waals surface area contributed by atoms with Crippen LogP contribution in [0, 0.1) is 28.4 Å². The number of nitrogens with two attached hydrogens (primary N) is 1. The summed E-state index contributed by atoms with van der Waals surface area (Å²) in [4.78, 5) is 23.0. The monoisotopic (exact) mass is 563 g/mol. The number of rotatable bonds is 9. The van der Waals surface area contributed by atoms with Crippen molar-refractivity contribution in [2.45, 2.75) is 19.4 Å². The Balaban J connectivity index is 1.33. The Morgan fingerprint density at radius 1 is 1.00 bits per heavy atom. The molecule has 1 aliphatic heterocycles. The molecule has 2 N–H and O–H groups in total. The number of ether oxygens (including phenoxy) is 4. The predicted octanol–water partition coefficient (Wildman–Crippen LogP) is 5.68. The number of hydrogen-bond donors (Lipinski definition) is 1. The highest BCUT2D eigenvalue weighted by atomic mass is 16.6. The lowest BCUT2D eigenvalue weighted by Gasteiger charge is -2.27. The van der Waals surface area contributed by atoms with Crippen LogP contribution in [0.2, 0.25) is 0 Å². The SMILES string of the molecule is Cc1ccc(COc2cccc(C3C(C#N)=C(N)Oc4cc(OC(=O)COc5ccccc5[N+](=O)[O-])ccc43)c2)cc1. The fourth-order valence-corrected chi connectivity index (χ4v) is 4.50. The maximum absolute atomic E-state index is 12.5. The lowest BCUT2D eigenvalue weighted by Crippen LogP contribution is -2.22. The highest BCUT2D eigenvalue weighted by Gasteiger charge is 2.31. The van der Waals surface area contributed by atoms with Crippen LogP contribution in [0.3, 0.4) is 0 Å². The van der Waals surface area contributed by atoms with E-state index in [1.165, 1.54) is 24.3 Å². The normalized spacial score (nSPS) is 13.8. The second-order valence-corrected chi connectivity index (χ2v) is 9.46. The summed E-state index contributed by atoms with van der Waals surface area (Å²) in [5.41, 5.74) is 9.71. The minimum absolute atomic E-state index is 0.0527. The molecule has 210 valence electrons. The fourth-order valence-electron chi connectivity index (χ4n) is 4.50. The first kappa shape index (κ1) is 27.7. The van der Waals surface area contributed by atoms with E-state index in [-0.39, 0.29) is 28.6 Å². The number of aryl methyl sites for hydroxylation is 1. The molecule has 1 heterocycles. The number of fused-ring (bicyclic) bond motifs is 1. The summed E-state index contributed by atoms with van der Waals surface area (Å²) in [6.45, 7) is 1.85. The van der Waals surface area contributed by atoms with Gasteiger partial charge in [-0.2, -0.15) is 5.26 Å². The third-order valence-electron chi connectivity index (χ3n) is 6.55. The zero-order chi connectivity index (χ0) is 29.6. The van der Waals surface area contributed by atoms with Gasteiger partial charge >= 0.3 is 11.7 Å². The van der Waals surface area contributed by atoms with Gasteiger partial charge in [0, 0.05) is 17.7 Å². The van der Waals surface area contributed by atoms with Crippen LogP contribution in [0.25, 0.3) is 0 Å². The van der Waals surface area contributed by atoms with E-state index in [0.717, 1.165) is 16.7 Å². The molecule has 0 spiro atoms. The largest absolute Gasteiger partial charge is 0.489 e. The summed E-state index contributed by atoms with van der Waals surface area (Å²) >= 11 is 0. The maximum Gasteiger partial charge on any atom is 0.349 e. The molecule has 0 fully saturated rings. The molecular formula is C32H25N3O7. The molecule has 1 aliphatic rings. The predicted molar refractivity (Wildman–Crippen MR) is 152 cm³/mol. The smallest absolute Gasteiger partial charge is 0.349 e. The zero-order valence-electron chi connectivity index (χ0n) is 22.5. The summed E-state index contributed by atoms with van der Waals surface area (Å²) in [5.74, 6) is -0.360. The molecule has 0 saturated carbocycles. The Kier molecular flexibility index (Phi) is 8.02. The van der Waals surface area contributed by atoms with Gasteiger partial charge in [0.2, 0.25) is 5.88 Å². The van der Waals surface area contributed by atoms with Gasteiger partial charge < -0.3 is 24.7 Å². The van der Waals surface area contributed by atoms with Crippen LogP contribution in [0.4, 0.5) is 5.69 Å². The van der Waals surface area contributed by atoms with Crippen LogP contribution < -0.4 is 24.7 Å². The van der Waals surface area contributed by atoms with Crippen molar-refractivity contribution in [2.75, 3.05) is 6.61 Å². The number of para-hydroxylation sites is 2. The molecule has 0 amide bonds. The molecule has 0 radical (unpaired) electrons. The Bertz CT molecular complexity index is 1730. The molecular weight excluding hydrogens is 538 g/mol. The first-order valence-electron chi connectivity index (χ1n) is 12.9. The van der Waals surface area contributed by atoms with Gasteiger partial charge in [0.05, 0.1) is 10.8 Å². The highest BCUT2D eigenvalue weighted by Crippen LogP contribution is 2.44. The van der Waals surface area contributed by atoms with Gasteiger partial charge in [0.1, 0.15) is 35.5 Å². The minimum Gasteiger partial charge on any atom is -0.489 e. The van der Waals surface area contributed by atoms with E-state index in [4.69, 9.17) is 24.7 Å². The number of carbonyl (C=O) groups excluding carboxylic acids is 1. The quantitative estimate of drug-likeness (QED) is 0.117. The maximum atomic E-state index is 12.5. The fraction of sp³-hybridized carbons (Fsp3) is 0.125. The van der Waals surface area contributed by atoms with E-state index < -0.39 is 23.4 Å². The van der Waals surface area contributed by atoms with Gasteiger partial charge in [-0.3, -0.25) is 10.1 Å². The molecule has 10 nitrogen and oxygen atoms in total. The van der Waals surface area contributed by atoms with Crippen molar-refractivity contribution in [3.8, 4) is 29.1 Å². The van der Waals surface area contributed by atoms with Crippen LogP contribution in [0.5, 0.6) is 23.0 Å². The molecule has 10 heteroatoms. The first-order valence-corrected chi connectivity index (χ1v) is 12.9. The number of allylic oxidation sites excluding steroid dienone is 1. The van der Waals surface area contributed by atoms with Crippen LogP contribution in [-0.4, -0.2) is 17.5 Å². The standard InChI is InChI=1S/C32H25N3O7/c1-20-9-11-21(12-10-20)18-39-23-6-4-5-22(15-23)31-25-14-13-24(16-29(25)42-32(34)26(31)17-33)41-30(36)19-40-28-8-3-2-7-27(28)35(37)38/h2-16,31H,18-19,34H2,1H3. The topological polar surface area (TPSA) is 147 Å². The van der Waals surface area contributed by atoms with Crippen molar-refractivity contribution in [1.29, 1.82) is 5.26 Å². The Hall–Kier alpha value is -5.82. The van der Waals surface area contributed by atoms with Gasteiger partial charge in [-0.25, -0.2) is 4.79 Å². The van der Waals surface area contributed by atoms with Gasteiger partial charge in [-0.1, -0.05) is 60.2 Å². The zero-order valence-corrected chi connectivity index (χ0v) is 22.5. The van der Waals surface area contributed by atoms with E-state index in [1.807, 2.05) is 55.5 Å². The second-order valence-electron chi connectivity index (χ2n) is 9.46. The Morgan fingerprint density at radius 2 is 1.79 bits per heavy atom. The number of nitrogens with zero attached hydrogens (tertiary/aromatic N) is 2. The van der Waals surface area contributed by atoms with Gasteiger partial charge in [0.25, 0.3) is 0 Å². The third-order valence-corrected chi connectivity index (χ3v) is 6.55. The van der Waals surface area contributed by atoms with E-state index in [1.54, 1.807) is 18.2 Å². The summed E-state index contributed by atoms with van der Waals surface area (Å²) < 4.78 is 22.4. The van der Waals surface area contributed by atoms with Crippen LogP contribution >= 0.6 is 0 Å². The lowest BCUT2D eigenvalue weighted by molar-refractivity contribution is -0.385. The average molecular weight is 564 g/mol. The molecule has 1 atom stereocenters. The number of benzene rings is 4. The average Bonchev–Trinajstić information content (AvgIpc) is 2.99. The van der Waals surface area contributed by atoms with E-state index in [0.29, 0.717) is 23.7 Å². The first-order chi connectivity index (χ1) is 20.3. The van der Waals surface area contributed by atoms with Gasteiger partial charge in [-0.05, 0) is 42.3 Å². The molecule has 4 aromatic rings. The van der Waals surface area contributed by atoms with Crippen molar-refractivity contribution in [3.05, 3.63) is 135 Å². The molecule has 0 aliphatic carbocycles. The van der Waals surface area contributed by atoms with Crippen LogP contribution in [0.15, 0.2) is 102 Å². The van der Waals surface area contributed by atoms with Crippen molar-refractivity contribution in [1.82, 2.24) is 0 Å². The molecule has 4 aromatic carbocycles. The Morgan fingerprint density at radius 3 is 2.55 bits per heavy atom. The minimum atomic E-state index is -0.778. The van der Waals surface area contributed by atoms with E-state index >= 15 is 0 Å². The summed E-state index contributed by atoms with van der Waals surface area (Å²) in [6, 6.07) is 28.1. The van der Waals surface area contributed by atoms with Crippen molar-refractivity contribution < 1.29 is 28.7 Å². The molecule has 0 aromatic heterocycles. The van der Waals surface area contributed by atoms with Crippen molar-refractivity contribution in [3.63, 3.8) is 0 Å². The number of hydrogen-bond acceptors (Lipinski definition) is 9. The Labute approximate surface area is 241 Å². The number of carbonyl (C=O) groups is 1. The number of nitriles is 1. The molecule has 5 rings (SSSR count). The molecule has 0 saturated heterocycles. The summed E-state index contributed by atoms with van der Waals surface area (Å²) in [7, 11) is 0. The molecule has 1 unspecified atom stereocenters. The highest BCUT2D eigenvalue weighted by molar-refractivity contribution is 5.74. The van der Waals surface area contributed by atoms with Crippen LogP contribution in [-0.2, 0) is 11.4 Å². The second kappa shape index (κ2) is 12.1. The summed E-state index contributed by atoms with van der Waals surface area (Å²) in [5, 5.41) is 21.1. The van der Waals surface area contributed by atoms with E-state index in [9.17, 15) is 20.2 Å². The molecule has 0 bridgehead atoms.